The van der Waals surface area contributed by atoms with Crippen LogP contribution in [0.25, 0.3) is 0 Å². The first-order chi connectivity index (χ1) is 13.1. The normalized spacial score (nSPS) is 21.8. The van der Waals surface area contributed by atoms with Gasteiger partial charge in [-0.1, -0.05) is 19.1 Å². The van der Waals surface area contributed by atoms with E-state index in [1.165, 1.54) is 23.5 Å². The SMILES string of the molecule is CCCN1CCC(CNC(=O)N2CCNC(=O)C2c2cccc(F)c2)CC1. The van der Waals surface area contributed by atoms with Gasteiger partial charge in [0.05, 0.1) is 0 Å². The van der Waals surface area contributed by atoms with Gasteiger partial charge in [-0.3, -0.25) is 4.79 Å². The molecule has 0 radical (unpaired) electrons. The molecule has 0 aliphatic carbocycles. The van der Waals surface area contributed by atoms with E-state index < -0.39 is 11.9 Å². The van der Waals surface area contributed by atoms with Crippen molar-refractivity contribution >= 4 is 11.9 Å². The molecule has 2 saturated heterocycles. The fourth-order valence-corrected chi connectivity index (χ4v) is 3.96. The molecule has 3 rings (SSSR count). The van der Waals surface area contributed by atoms with Crippen LogP contribution in [-0.4, -0.2) is 61.0 Å². The number of hydrogen-bond donors (Lipinski definition) is 2. The van der Waals surface area contributed by atoms with E-state index in [0.717, 1.165) is 32.5 Å². The molecule has 2 aliphatic rings. The largest absolute Gasteiger partial charge is 0.352 e. The van der Waals surface area contributed by atoms with E-state index >= 15 is 0 Å². The Hall–Kier alpha value is -2.15. The first-order valence-corrected chi connectivity index (χ1v) is 9.88. The van der Waals surface area contributed by atoms with Crippen LogP contribution in [-0.2, 0) is 4.79 Å². The summed E-state index contributed by atoms with van der Waals surface area (Å²) in [5.74, 6) is -0.215. The fourth-order valence-electron chi connectivity index (χ4n) is 3.96. The van der Waals surface area contributed by atoms with E-state index in [2.05, 4.69) is 22.5 Å². The van der Waals surface area contributed by atoms with E-state index in [-0.39, 0.29) is 11.9 Å². The minimum absolute atomic E-state index is 0.255. The van der Waals surface area contributed by atoms with Gasteiger partial charge in [0.2, 0.25) is 5.91 Å². The minimum atomic E-state index is -0.791. The molecule has 2 N–H and O–H groups in total. The molecule has 7 heteroatoms. The van der Waals surface area contributed by atoms with Gasteiger partial charge in [-0.05, 0) is 62.5 Å². The molecule has 0 spiro atoms. The molecule has 27 heavy (non-hydrogen) atoms. The molecule has 1 unspecified atom stereocenters. The number of nitrogens with one attached hydrogen (secondary N) is 2. The van der Waals surface area contributed by atoms with E-state index in [9.17, 15) is 14.0 Å². The Morgan fingerprint density at radius 1 is 1.30 bits per heavy atom. The lowest BCUT2D eigenvalue weighted by Gasteiger charge is -2.36. The van der Waals surface area contributed by atoms with Gasteiger partial charge in [0.15, 0.2) is 0 Å². The van der Waals surface area contributed by atoms with Crippen molar-refractivity contribution in [2.75, 3.05) is 39.3 Å². The van der Waals surface area contributed by atoms with E-state index in [0.29, 0.717) is 31.1 Å². The first-order valence-electron chi connectivity index (χ1n) is 9.88. The standard InChI is InChI=1S/C20H29FN4O2/c1-2-9-24-10-6-15(7-11-24)14-23-20(27)25-12-8-22-19(26)18(25)16-4-3-5-17(21)13-16/h3-5,13,15,18H,2,6-12,14H2,1H3,(H,22,26)(H,23,27). The third-order valence-electron chi connectivity index (χ3n) is 5.43. The van der Waals surface area contributed by atoms with Gasteiger partial charge in [-0.2, -0.15) is 0 Å². The fraction of sp³-hybridized carbons (Fsp3) is 0.600. The summed E-state index contributed by atoms with van der Waals surface area (Å²) in [6.07, 6.45) is 3.32. The smallest absolute Gasteiger partial charge is 0.318 e. The highest BCUT2D eigenvalue weighted by Gasteiger charge is 2.34. The zero-order valence-corrected chi connectivity index (χ0v) is 15.9. The summed E-state index contributed by atoms with van der Waals surface area (Å²) < 4.78 is 13.6. The number of benzene rings is 1. The molecular formula is C20H29FN4O2. The number of amides is 3. The van der Waals surface area contributed by atoms with Crippen LogP contribution in [0.5, 0.6) is 0 Å². The van der Waals surface area contributed by atoms with Gasteiger partial charge >= 0.3 is 6.03 Å². The lowest BCUT2D eigenvalue weighted by Crippen LogP contribution is -2.55. The molecule has 2 heterocycles. The van der Waals surface area contributed by atoms with E-state index in [1.54, 1.807) is 12.1 Å². The third kappa shape index (κ3) is 4.97. The van der Waals surface area contributed by atoms with Crippen molar-refractivity contribution in [2.45, 2.75) is 32.2 Å². The van der Waals surface area contributed by atoms with Crippen LogP contribution in [0.4, 0.5) is 9.18 Å². The molecule has 0 saturated carbocycles. The molecule has 2 fully saturated rings. The van der Waals surface area contributed by atoms with Gasteiger partial charge in [-0.25, -0.2) is 9.18 Å². The lowest BCUT2D eigenvalue weighted by molar-refractivity contribution is -0.127. The highest BCUT2D eigenvalue weighted by molar-refractivity contribution is 5.89. The average molecular weight is 376 g/mol. The van der Waals surface area contributed by atoms with Crippen molar-refractivity contribution in [2.24, 2.45) is 5.92 Å². The Bertz CT molecular complexity index is 661. The van der Waals surface area contributed by atoms with Crippen LogP contribution in [0.1, 0.15) is 37.8 Å². The summed E-state index contributed by atoms with van der Waals surface area (Å²) in [7, 11) is 0. The Morgan fingerprint density at radius 2 is 2.07 bits per heavy atom. The maximum atomic E-state index is 13.6. The summed E-state index contributed by atoms with van der Waals surface area (Å²) in [6, 6.07) is 4.85. The van der Waals surface area contributed by atoms with Crippen molar-refractivity contribution in [3.63, 3.8) is 0 Å². The predicted octanol–water partition coefficient (Wildman–Crippen LogP) is 2.13. The molecule has 1 aromatic rings. The second-order valence-corrected chi connectivity index (χ2v) is 7.41. The van der Waals surface area contributed by atoms with Crippen LogP contribution in [0.2, 0.25) is 0 Å². The minimum Gasteiger partial charge on any atom is -0.352 e. The Kier molecular flexibility index (Phi) is 6.66. The predicted molar refractivity (Wildman–Crippen MR) is 102 cm³/mol. The van der Waals surface area contributed by atoms with Gasteiger partial charge in [0, 0.05) is 19.6 Å². The Balaban J connectivity index is 1.58. The summed E-state index contributed by atoms with van der Waals surface area (Å²) >= 11 is 0. The molecule has 1 atom stereocenters. The number of nitrogens with zero attached hydrogens (tertiary/aromatic N) is 2. The quantitative estimate of drug-likeness (QED) is 0.828. The number of piperidine rings is 1. The van der Waals surface area contributed by atoms with Crippen LogP contribution >= 0.6 is 0 Å². The number of urea groups is 1. The molecule has 2 aliphatic heterocycles. The maximum Gasteiger partial charge on any atom is 0.318 e. The average Bonchev–Trinajstić information content (AvgIpc) is 2.67. The zero-order chi connectivity index (χ0) is 19.2. The van der Waals surface area contributed by atoms with Crippen LogP contribution in [0.15, 0.2) is 24.3 Å². The van der Waals surface area contributed by atoms with Gasteiger partial charge in [-0.15, -0.1) is 0 Å². The number of carbonyl (C=O) groups is 2. The number of likely N-dealkylation sites (tertiary alicyclic amines) is 1. The lowest BCUT2D eigenvalue weighted by atomic mass is 9.96. The second kappa shape index (κ2) is 9.17. The number of carbonyl (C=O) groups excluding carboxylic acids is 2. The molecule has 3 amide bonds. The summed E-state index contributed by atoms with van der Waals surface area (Å²) in [5.41, 5.74) is 0.496. The van der Waals surface area contributed by atoms with Crippen molar-refractivity contribution in [1.29, 1.82) is 0 Å². The monoisotopic (exact) mass is 376 g/mol. The number of halogens is 1. The van der Waals surface area contributed by atoms with Crippen molar-refractivity contribution < 1.29 is 14.0 Å². The number of rotatable bonds is 5. The first kappa shape index (κ1) is 19.6. The number of piperazine rings is 1. The molecular weight excluding hydrogens is 347 g/mol. The van der Waals surface area contributed by atoms with Crippen LogP contribution in [0, 0.1) is 11.7 Å². The van der Waals surface area contributed by atoms with Crippen molar-refractivity contribution in [3.05, 3.63) is 35.6 Å². The van der Waals surface area contributed by atoms with Crippen molar-refractivity contribution in [1.82, 2.24) is 20.4 Å². The maximum absolute atomic E-state index is 13.6. The highest BCUT2D eigenvalue weighted by atomic mass is 19.1. The highest BCUT2D eigenvalue weighted by Crippen LogP contribution is 2.24. The van der Waals surface area contributed by atoms with E-state index in [1.807, 2.05) is 0 Å². The molecule has 148 valence electrons. The van der Waals surface area contributed by atoms with Crippen LogP contribution in [0.3, 0.4) is 0 Å². The van der Waals surface area contributed by atoms with Gasteiger partial charge < -0.3 is 20.4 Å². The summed E-state index contributed by atoms with van der Waals surface area (Å²) in [5, 5.41) is 5.77. The molecule has 0 bridgehead atoms. The van der Waals surface area contributed by atoms with Gasteiger partial charge in [0.25, 0.3) is 0 Å². The van der Waals surface area contributed by atoms with Crippen LogP contribution < -0.4 is 10.6 Å². The third-order valence-corrected chi connectivity index (χ3v) is 5.43. The Labute approximate surface area is 160 Å². The molecule has 1 aromatic carbocycles. The van der Waals surface area contributed by atoms with Crippen molar-refractivity contribution in [3.8, 4) is 0 Å². The summed E-state index contributed by atoms with van der Waals surface area (Å²) in [6.45, 7) is 6.92. The second-order valence-electron chi connectivity index (χ2n) is 7.41. The zero-order valence-electron chi connectivity index (χ0n) is 15.9. The molecule has 0 aromatic heterocycles. The summed E-state index contributed by atoms with van der Waals surface area (Å²) in [4.78, 5) is 29.1. The topological polar surface area (TPSA) is 64.7 Å². The Morgan fingerprint density at radius 3 is 2.78 bits per heavy atom. The van der Waals surface area contributed by atoms with E-state index in [4.69, 9.17) is 0 Å². The molecule has 6 nitrogen and oxygen atoms in total. The number of hydrogen-bond acceptors (Lipinski definition) is 3. The van der Waals surface area contributed by atoms with Gasteiger partial charge in [0.1, 0.15) is 11.9 Å².